The van der Waals surface area contributed by atoms with E-state index in [9.17, 15) is 9.59 Å². The van der Waals surface area contributed by atoms with Gasteiger partial charge in [-0.05, 0) is 50.1 Å². The molecule has 2 fully saturated rings. The highest BCUT2D eigenvalue weighted by Crippen LogP contribution is 2.32. The van der Waals surface area contributed by atoms with Crippen LogP contribution in [0.15, 0.2) is 42.6 Å². The molecule has 3 aliphatic heterocycles. The quantitative estimate of drug-likeness (QED) is 0.705. The summed E-state index contributed by atoms with van der Waals surface area (Å²) in [4.78, 5) is 39.0. The number of likely N-dealkylation sites (N-methyl/N-ethyl adjacent to an activating group) is 1. The molecule has 1 atom stereocenters. The van der Waals surface area contributed by atoms with E-state index in [1.165, 1.54) is 11.3 Å². The first kappa shape index (κ1) is 21.9. The first-order valence-corrected chi connectivity index (χ1v) is 12.2. The van der Waals surface area contributed by atoms with E-state index in [4.69, 9.17) is 0 Å². The number of pyridine rings is 1. The number of anilines is 1. The summed E-state index contributed by atoms with van der Waals surface area (Å²) in [5.41, 5.74) is 4.17. The lowest BCUT2D eigenvalue weighted by atomic mass is 10.1. The van der Waals surface area contributed by atoms with Crippen molar-refractivity contribution < 1.29 is 9.59 Å². The fraction of sp³-hybridized carbons (Fsp3) is 0.500. The average Bonchev–Trinajstić information content (AvgIpc) is 3.50. The summed E-state index contributed by atoms with van der Waals surface area (Å²) >= 11 is 0. The van der Waals surface area contributed by atoms with Crippen molar-refractivity contribution in [1.29, 1.82) is 0 Å². The van der Waals surface area contributed by atoms with Crippen molar-refractivity contribution in [2.24, 2.45) is 0 Å². The molecule has 2 aromatic rings. The number of hydrogen-bond acceptors (Lipinski definition) is 5. The summed E-state index contributed by atoms with van der Waals surface area (Å²) in [6, 6.07) is 12.3. The minimum atomic E-state index is 0.0103. The van der Waals surface area contributed by atoms with Crippen LogP contribution < -0.4 is 4.90 Å². The zero-order chi connectivity index (χ0) is 22.8. The summed E-state index contributed by atoms with van der Waals surface area (Å²) in [7, 11) is 2.08. The number of amides is 2. The third kappa shape index (κ3) is 4.60. The minimum absolute atomic E-state index is 0.0103. The summed E-state index contributed by atoms with van der Waals surface area (Å²) in [6.45, 7) is 5.83. The van der Waals surface area contributed by atoms with E-state index >= 15 is 0 Å². The second kappa shape index (κ2) is 9.51. The van der Waals surface area contributed by atoms with Gasteiger partial charge in [0, 0.05) is 64.1 Å². The maximum atomic E-state index is 13.1. The van der Waals surface area contributed by atoms with Crippen LogP contribution in [0.4, 0.5) is 5.69 Å². The van der Waals surface area contributed by atoms with E-state index in [0.29, 0.717) is 12.0 Å². The predicted octanol–water partition coefficient (Wildman–Crippen LogP) is 2.59. The van der Waals surface area contributed by atoms with Crippen LogP contribution >= 0.6 is 0 Å². The van der Waals surface area contributed by atoms with Crippen LogP contribution in [0.25, 0.3) is 0 Å². The van der Waals surface area contributed by atoms with Crippen molar-refractivity contribution >= 4 is 17.5 Å². The molecule has 7 nitrogen and oxygen atoms in total. The number of para-hydroxylation sites is 1. The molecular formula is C26H33N5O2. The molecular weight excluding hydrogens is 414 g/mol. The molecule has 2 amide bonds. The molecule has 2 saturated heterocycles. The smallest absolute Gasteiger partial charge is 0.255 e. The van der Waals surface area contributed by atoms with Gasteiger partial charge in [-0.25, -0.2) is 0 Å². The molecule has 0 saturated carbocycles. The Hall–Kier alpha value is -2.93. The molecule has 0 N–H and O–H groups in total. The lowest BCUT2D eigenvalue weighted by Gasteiger charge is -2.32. The zero-order valence-corrected chi connectivity index (χ0v) is 19.4. The molecule has 1 aromatic carbocycles. The van der Waals surface area contributed by atoms with E-state index < -0.39 is 0 Å². The van der Waals surface area contributed by atoms with Gasteiger partial charge in [0.05, 0.1) is 17.3 Å². The van der Waals surface area contributed by atoms with E-state index in [1.54, 1.807) is 6.20 Å². The number of likely N-dealkylation sites (tertiary alicyclic amines) is 1. The lowest BCUT2D eigenvalue weighted by Crippen LogP contribution is -2.47. The standard InChI is InChI=1S/C26H33N5O2/c1-28-15-17-30(18-16-28)26(33)21-8-9-22(27-19-21)24-7-4-12-31(24)25(32)11-14-29-13-10-20-5-2-3-6-23(20)29/h2-3,5-6,8-9,19,24H,4,7,10-18H2,1H3/t24-/m0/s1. The zero-order valence-electron chi connectivity index (χ0n) is 19.4. The second-order valence-corrected chi connectivity index (χ2v) is 9.43. The molecule has 33 heavy (non-hydrogen) atoms. The number of piperazine rings is 1. The van der Waals surface area contributed by atoms with Crippen LogP contribution in [-0.4, -0.2) is 84.4 Å². The number of nitrogens with zero attached hydrogens (tertiary/aromatic N) is 5. The van der Waals surface area contributed by atoms with Crippen molar-refractivity contribution in [3.8, 4) is 0 Å². The van der Waals surface area contributed by atoms with Gasteiger partial charge in [-0.15, -0.1) is 0 Å². The maximum absolute atomic E-state index is 13.1. The molecule has 0 bridgehead atoms. The Morgan fingerprint density at radius 2 is 1.82 bits per heavy atom. The second-order valence-electron chi connectivity index (χ2n) is 9.43. The lowest BCUT2D eigenvalue weighted by molar-refractivity contribution is -0.132. The summed E-state index contributed by atoms with van der Waals surface area (Å²) in [6.07, 6.45) is 5.19. The molecule has 4 heterocycles. The van der Waals surface area contributed by atoms with Crippen molar-refractivity contribution in [3.05, 3.63) is 59.4 Å². The number of carbonyl (C=O) groups is 2. The van der Waals surface area contributed by atoms with Gasteiger partial charge < -0.3 is 19.6 Å². The largest absolute Gasteiger partial charge is 0.370 e. The Labute approximate surface area is 196 Å². The Bertz CT molecular complexity index is 1000. The topological polar surface area (TPSA) is 60.0 Å². The van der Waals surface area contributed by atoms with E-state index in [-0.39, 0.29) is 17.9 Å². The van der Waals surface area contributed by atoms with Crippen molar-refractivity contribution in [2.45, 2.75) is 31.7 Å². The molecule has 0 unspecified atom stereocenters. The third-order valence-electron chi connectivity index (χ3n) is 7.32. The highest BCUT2D eigenvalue weighted by Gasteiger charge is 2.31. The van der Waals surface area contributed by atoms with E-state index in [2.05, 4.69) is 46.1 Å². The number of benzene rings is 1. The Kier molecular flexibility index (Phi) is 6.31. The molecule has 1 aromatic heterocycles. The summed E-state index contributed by atoms with van der Waals surface area (Å²) in [5.74, 6) is 0.244. The summed E-state index contributed by atoms with van der Waals surface area (Å²) < 4.78 is 0. The van der Waals surface area contributed by atoms with Gasteiger partial charge in [0.15, 0.2) is 0 Å². The van der Waals surface area contributed by atoms with Crippen LogP contribution in [0.3, 0.4) is 0 Å². The first-order valence-electron chi connectivity index (χ1n) is 12.2. The molecule has 0 spiro atoms. The van der Waals surface area contributed by atoms with Crippen molar-refractivity contribution in [2.75, 3.05) is 57.8 Å². The monoisotopic (exact) mass is 447 g/mol. The van der Waals surface area contributed by atoms with Crippen LogP contribution in [0.5, 0.6) is 0 Å². The van der Waals surface area contributed by atoms with Gasteiger partial charge in [0.25, 0.3) is 5.91 Å². The minimum Gasteiger partial charge on any atom is -0.370 e. The van der Waals surface area contributed by atoms with Crippen molar-refractivity contribution in [1.82, 2.24) is 19.7 Å². The Balaban J connectivity index is 1.19. The van der Waals surface area contributed by atoms with Crippen molar-refractivity contribution in [3.63, 3.8) is 0 Å². The highest BCUT2D eigenvalue weighted by atomic mass is 16.2. The van der Waals surface area contributed by atoms with Gasteiger partial charge in [0.2, 0.25) is 5.91 Å². The Morgan fingerprint density at radius 1 is 1.00 bits per heavy atom. The molecule has 0 aliphatic carbocycles. The van der Waals surface area contributed by atoms with Gasteiger partial charge in [-0.1, -0.05) is 18.2 Å². The number of carbonyl (C=O) groups excluding carboxylic acids is 2. The fourth-order valence-electron chi connectivity index (χ4n) is 5.31. The van der Waals surface area contributed by atoms with Gasteiger partial charge in [-0.2, -0.15) is 0 Å². The number of hydrogen-bond donors (Lipinski definition) is 0. The predicted molar refractivity (Wildman–Crippen MR) is 128 cm³/mol. The molecule has 5 rings (SSSR count). The molecule has 7 heteroatoms. The average molecular weight is 448 g/mol. The highest BCUT2D eigenvalue weighted by molar-refractivity contribution is 5.94. The van der Waals surface area contributed by atoms with Gasteiger partial charge in [0.1, 0.15) is 0 Å². The molecule has 174 valence electrons. The number of aromatic nitrogens is 1. The normalized spacial score (nSPS) is 20.9. The maximum Gasteiger partial charge on any atom is 0.255 e. The van der Waals surface area contributed by atoms with Crippen LogP contribution in [0, 0.1) is 0 Å². The van der Waals surface area contributed by atoms with Crippen LogP contribution in [0.2, 0.25) is 0 Å². The van der Waals surface area contributed by atoms with E-state index in [0.717, 1.165) is 70.8 Å². The molecule has 3 aliphatic rings. The number of rotatable bonds is 5. The van der Waals surface area contributed by atoms with Crippen LogP contribution in [0.1, 0.15) is 46.9 Å². The molecule has 0 radical (unpaired) electrons. The van der Waals surface area contributed by atoms with Gasteiger partial charge in [-0.3, -0.25) is 14.6 Å². The SMILES string of the molecule is CN1CCN(C(=O)c2ccc([C@@H]3CCCN3C(=O)CCN3CCc4ccccc43)nc2)CC1. The summed E-state index contributed by atoms with van der Waals surface area (Å²) in [5, 5.41) is 0. The van der Waals surface area contributed by atoms with Crippen LogP contribution in [-0.2, 0) is 11.2 Å². The van der Waals surface area contributed by atoms with Gasteiger partial charge >= 0.3 is 0 Å². The fourth-order valence-corrected chi connectivity index (χ4v) is 5.31. The Morgan fingerprint density at radius 3 is 2.61 bits per heavy atom. The first-order chi connectivity index (χ1) is 16.1. The van der Waals surface area contributed by atoms with E-state index in [1.807, 2.05) is 21.9 Å². The third-order valence-corrected chi connectivity index (χ3v) is 7.32. The number of fused-ring (bicyclic) bond motifs is 1.